The van der Waals surface area contributed by atoms with Crippen molar-refractivity contribution in [2.24, 2.45) is 0 Å². The fourth-order valence-corrected chi connectivity index (χ4v) is 2.49. The van der Waals surface area contributed by atoms with Crippen molar-refractivity contribution in [2.75, 3.05) is 0 Å². The van der Waals surface area contributed by atoms with Crippen LogP contribution in [-0.2, 0) is 11.2 Å². The van der Waals surface area contributed by atoms with Crippen molar-refractivity contribution >= 4 is 5.97 Å². The first-order chi connectivity index (χ1) is 8.82. The van der Waals surface area contributed by atoms with Gasteiger partial charge in [0, 0.05) is 12.1 Å². The maximum absolute atomic E-state index is 11.5. The average molecular weight is 265 g/mol. The summed E-state index contributed by atoms with van der Waals surface area (Å²) in [6, 6.07) is 6.49. The summed E-state index contributed by atoms with van der Waals surface area (Å²) in [6.07, 6.45) is 0.436. The van der Waals surface area contributed by atoms with Gasteiger partial charge in [0.05, 0.1) is 0 Å². The van der Waals surface area contributed by atoms with Crippen molar-refractivity contribution in [1.82, 2.24) is 4.90 Å². The van der Waals surface area contributed by atoms with E-state index < -0.39 is 12.0 Å². The highest BCUT2D eigenvalue weighted by molar-refractivity contribution is 5.74. The van der Waals surface area contributed by atoms with Crippen LogP contribution < -0.4 is 0 Å². The minimum Gasteiger partial charge on any atom is -0.508 e. The smallest absolute Gasteiger partial charge is 0.321 e. The molecule has 19 heavy (non-hydrogen) atoms. The van der Waals surface area contributed by atoms with Crippen LogP contribution in [0.25, 0.3) is 0 Å². The zero-order valence-electron chi connectivity index (χ0n) is 12.0. The summed E-state index contributed by atoms with van der Waals surface area (Å²) in [5, 5.41) is 18.7. The molecule has 0 bridgehead atoms. The molecule has 4 heteroatoms. The van der Waals surface area contributed by atoms with Gasteiger partial charge in [-0.05, 0) is 51.8 Å². The predicted octanol–water partition coefficient (Wildman–Crippen LogP) is 2.51. The summed E-state index contributed by atoms with van der Waals surface area (Å²) in [4.78, 5) is 13.5. The first-order valence-electron chi connectivity index (χ1n) is 6.61. The van der Waals surface area contributed by atoms with E-state index in [-0.39, 0.29) is 17.8 Å². The molecule has 0 heterocycles. The molecule has 0 aliphatic rings. The third-order valence-corrected chi connectivity index (χ3v) is 3.20. The van der Waals surface area contributed by atoms with E-state index in [2.05, 4.69) is 0 Å². The van der Waals surface area contributed by atoms with E-state index >= 15 is 0 Å². The highest BCUT2D eigenvalue weighted by atomic mass is 16.4. The molecule has 0 saturated heterocycles. The first kappa shape index (κ1) is 15.5. The summed E-state index contributed by atoms with van der Waals surface area (Å²) in [6.45, 7) is 8.03. The van der Waals surface area contributed by atoms with E-state index in [9.17, 15) is 15.0 Å². The minimum absolute atomic E-state index is 0.165. The summed E-state index contributed by atoms with van der Waals surface area (Å²) in [7, 11) is 0. The highest BCUT2D eigenvalue weighted by Gasteiger charge is 2.29. The number of phenols is 1. The second-order valence-corrected chi connectivity index (χ2v) is 5.36. The number of carboxylic acid groups (broad SMARTS) is 1. The Morgan fingerprint density at radius 1 is 1.11 bits per heavy atom. The molecule has 0 amide bonds. The molecule has 1 rings (SSSR count). The summed E-state index contributed by atoms with van der Waals surface area (Å²) in [5.74, 6) is -0.615. The maximum atomic E-state index is 11.5. The Morgan fingerprint density at radius 3 is 1.95 bits per heavy atom. The SMILES string of the molecule is CC(C)N(C(C)C)C(Cc1ccc(O)cc1)C(=O)O. The molecule has 2 N–H and O–H groups in total. The van der Waals surface area contributed by atoms with Crippen LogP contribution >= 0.6 is 0 Å². The fourth-order valence-electron chi connectivity index (χ4n) is 2.49. The van der Waals surface area contributed by atoms with Crippen molar-refractivity contribution < 1.29 is 15.0 Å². The van der Waals surface area contributed by atoms with Crippen molar-refractivity contribution in [3.63, 3.8) is 0 Å². The first-order valence-corrected chi connectivity index (χ1v) is 6.61. The lowest BCUT2D eigenvalue weighted by atomic mass is 10.0. The molecule has 4 nitrogen and oxygen atoms in total. The molecular formula is C15H23NO3. The van der Waals surface area contributed by atoms with Gasteiger partial charge in [-0.3, -0.25) is 9.69 Å². The molecule has 1 aromatic rings. The van der Waals surface area contributed by atoms with Crippen LogP contribution in [0.2, 0.25) is 0 Å². The normalized spacial score (nSPS) is 13.2. The summed E-state index contributed by atoms with van der Waals surface area (Å²) >= 11 is 0. The van der Waals surface area contributed by atoms with Crippen LogP contribution in [0.5, 0.6) is 5.75 Å². The van der Waals surface area contributed by atoms with Crippen molar-refractivity contribution in [3.05, 3.63) is 29.8 Å². The van der Waals surface area contributed by atoms with Gasteiger partial charge in [0.2, 0.25) is 0 Å². The predicted molar refractivity (Wildman–Crippen MR) is 75.3 cm³/mol. The number of carbonyl (C=O) groups is 1. The Balaban J connectivity index is 2.94. The van der Waals surface area contributed by atoms with E-state index in [1.54, 1.807) is 24.3 Å². The minimum atomic E-state index is -0.810. The summed E-state index contributed by atoms with van der Waals surface area (Å²) < 4.78 is 0. The third-order valence-electron chi connectivity index (χ3n) is 3.20. The van der Waals surface area contributed by atoms with E-state index in [1.807, 2.05) is 32.6 Å². The largest absolute Gasteiger partial charge is 0.508 e. The van der Waals surface area contributed by atoms with Crippen molar-refractivity contribution in [3.8, 4) is 5.75 Å². The van der Waals surface area contributed by atoms with Gasteiger partial charge < -0.3 is 10.2 Å². The van der Waals surface area contributed by atoms with Gasteiger partial charge >= 0.3 is 5.97 Å². The number of phenolic OH excluding ortho intramolecular Hbond substituents is 1. The van der Waals surface area contributed by atoms with Gasteiger partial charge in [-0.1, -0.05) is 12.1 Å². The molecule has 0 saturated carbocycles. The number of nitrogens with zero attached hydrogens (tertiary/aromatic N) is 1. The van der Waals surface area contributed by atoms with E-state index in [0.717, 1.165) is 5.56 Å². The van der Waals surface area contributed by atoms with Crippen molar-refractivity contribution in [1.29, 1.82) is 0 Å². The van der Waals surface area contributed by atoms with Crippen LogP contribution in [0.3, 0.4) is 0 Å². The van der Waals surface area contributed by atoms with Crippen molar-refractivity contribution in [2.45, 2.75) is 52.2 Å². The molecule has 0 aliphatic carbocycles. The average Bonchev–Trinajstić information content (AvgIpc) is 2.29. The van der Waals surface area contributed by atoms with Gasteiger partial charge in [0.1, 0.15) is 11.8 Å². The number of carboxylic acids is 1. The van der Waals surface area contributed by atoms with Gasteiger partial charge in [-0.15, -0.1) is 0 Å². The Labute approximate surface area is 114 Å². The molecule has 0 aromatic heterocycles. The monoisotopic (exact) mass is 265 g/mol. The second-order valence-electron chi connectivity index (χ2n) is 5.36. The molecule has 0 aliphatic heterocycles. The number of aliphatic carboxylic acids is 1. The maximum Gasteiger partial charge on any atom is 0.321 e. The fraction of sp³-hybridized carbons (Fsp3) is 0.533. The van der Waals surface area contributed by atoms with E-state index in [1.165, 1.54) is 0 Å². The van der Waals surface area contributed by atoms with E-state index in [4.69, 9.17) is 0 Å². The molecule has 1 atom stereocenters. The van der Waals surface area contributed by atoms with Crippen LogP contribution in [0.15, 0.2) is 24.3 Å². The van der Waals surface area contributed by atoms with Crippen LogP contribution in [-0.4, -0.2) is 39.2 Å². The Hall–Kier alpha value is -1.55. The molecule has 1 aromatic carbocycles. The van der Waals surface area contributed by atoms with Gasteiger partial charge in [0.25, 0.3) is 0 Å². The number of rotatable bonds is 6. The van der Waals surface area contributed by atoms with E-state index in [0.29, 0.717) is 6.42 Å². The molecular weight excluding hydrogens is 242 g/mol. The molecule has 1 unspecified atom stereocenters. The van der Waals surface area contributed by atoms with Gasteiger partial charge in [0.15, 0.2) is 0 Å². The Kier molecular flexibility index (Phi) is 5.36. The summed E-state index contributed by atoms with van der Waals surface area (Å²) in [5.41, 5.74) is 0.913. The zero-order chi connectivity index (χ0) is 14.6. The topological polar surface area (TPSA) is 60.8 Å². The number of hydrogen-bond donors (Lipinski definition) is 2. The molecule has 0 radical (unpaired) electrons. The van der Waals surface area contributed by atoms with Gasteiger partial charge in [-0.2, -0.15) is 0 Å². The lowest BCUT2D eigenvalue weighted by Crippen LogP contribution is -2.50. The van der Waals surface area contributed by atoms with Gasteiger partial charge in [-0.25, -0.2) is 0 Å². The molecule has 0 spiro atoms. The molecule has 0 fully saturated rings. The zero-order valence-corrected chi connectivity index (χ0v) is 12.0. The lowest BCUT2D eigenvalue weighted by molar-refractivity contribution is -0.145. The molecule has 106 valence electrons. The third kappa shape index (κ3) is 4.24. The van der Waals surface area contributed by atoms with Crippen LogP contribution in [0.4, 0.5) is 0 Å². The highest BCUT2D eigenvalue weighted by Crippen LogP contribution is 2.17. The standard InChI is InChI=1S/C15H23NO3/c1-10(2)16(11(3)4)14(15(18)19)9-12-5-7-13(17)8-6-12/h5-8,10-11,14,17H,9H2,1-4H3,(H,18,19). The number of benzene rings is 1. The lowest BCUT2D eigenvalue weighted by Gasteiger charge is -2.35. The Morgan fingerprint density at radius 2 is 1.58 bits per heavy atom. The number of aromatic hydroxyl groups is 1. The second kappa shape index (κ2) is 6.57. The quantitative estimate of drug-likeness (QED) is 0.829. The van der Waals surface area contributed by atoms with Crippen LogP contribution in [0.1, 0.15) is 33.3 Å². The van der Waals surface area contributed by atoms with Crippen LogP contribution in [0, 0.1) is 0 Å². The Bertz CT molecular complexity index is 404. The number of hydrogen-bond acceptors (Lipinski definition) is 3.